The summed E-state index contributed by atoms with van der Waals surface area (Å²) in [5.74, 6) is 0.979. The first kappa shape index (κ1) is 20.4. The maximum Gasteiger partial charge on any atom is 0.222 e. The molecule has 1 aromatic carbocycles. The van der Waals surface area contributed by atoms with Gasteiger partial charge in [-0.25, -0.2) is 0 Å². The summed E-state index contributed by atoms with van der Waals surface area (Å²) in [6.45, 7) is 4.14. The number of aromatic nitrogens is 1. The van der Waals surface area contributed by atoms with Gasteiger partial charge in [0.25, 0.3) is 0 Å². The predicted molar refractivity (Wildman–Crippen MR) is 116 cm³/mol. The van der Waals surface area contributed by atoms with Gasteiger partial charge in [-0.05, 0) is 24.1 Å². The van der Waals surface area contributed by atoms with Crippen molar-refractivity contribution in [3.05, 3.63) is 42.1 Å². The van der Waals surface area contributed by atoms with Crippen LogP contribution in [0.3, 0.4) is 0 Å². The molecule has 1 aromatic heterocycles. The Balaban J connectivity index is 0.00000243. The van der Waals surface area contributed by atoms with Crippen molar-refractivity contribution >= 4 is 46.7 Å². The number of amides is 1. The largest absolute Gasteiger partial charge is 0.352 e. The van der Waals surface area contributed by atoms with E-state index in [1.54, 1.807) is 7.05 Å². The second-order valence-corrected chi connectivity index (χ2v) is 6.24. The predicted octanol–water partition coefficient (Wildman–Crippen LogP) is 2.53. The summed E-state index contributed by atoms with van der Waals surface area (Å²) in [4.78, 5) is 22.4. The number of halogens is 1. The Bertz CT molecular complexity index is 774. The molecule has 1 amide bonds. The molecular formula is C19H26IN5O. The van der Waals surface area contributed by atoms with Gasteiger partial charge in [-0.15, -0.1) is 24.0 Å². The van der Waals surface area contributed by atoms with Crippen LogP contribution >= 0.6 is 24.0 Å². The van der Waals surface area contributed by atoms with E-state index in [2.05, 4.69) is 26.7 Å². The molecule has 1 aliphatic heterocycles. The molecular weight excluding hydrogens is 441 g/mol. The molecule has 140 valence electrons. The summed E-state index contributed by atoms with van der Waals surface area (Å²) in [5, 5.41) is 7.94. The Morgan fingerprint density at radius 3 is 2.92 bits per heavy atom. The summed E-state index contributed by atoms with van der Waals surface area (Å²) < 4.78 is 0. The van der Waals surface area contributed by atoms with Gasteiger partial charge in [-0.2, -0.15) is 0 Å². The van der Waals surface area contributed by atoms with E-state index in [9.17, 15) is 4.79 Å². The number of rotatable bonds is 4. The van der Waals surface area contributed by atoms with Crippen molar-refractivity contribution in [2.24, 2.45) is 4.99 Å². The first-order valence-corrected chi connectivity index (χ1v) is 8.79. The minimum atomic E-state index is 0. The van der Waals surface area contributed by atoms with Crippen LogP contribution in [0.15, 0.2) is 41.5 Å². The van der Waals surface area contributed by atoms with Crippen molar-refractivity contribution in [1.82, 2.24) is 20.5 Å². The number of guanidine groups is 1. The number of aliphatic imine (C=N–C) groups is 1. The molecule has 0 saturated carbocycles. The Morgan fingerprint density at radius 2 is 2.15 bits per heavy atom. The summed E-state index contributed by atoms with van der Waals surface area (Å²) >= 11 is 0. The molecule has 1 saturated heterocycles. The monoisotopic (exact) mass is 467 g/mol. The van der Waals surface area contributed by atoms with Gasteiger partial charge in [0.1, 0.15) is 0 Å². The van der Waals surface area contributed by atoms with Gasteiger partial charge in [0, 0.05) is 50.7 Å². The molecule has 7 heteroatoms. The molecule has 1 aliphatic rings. The van der Waals surface area contributed by atoms with Crippen molar-refractivity contribution in [2.45, 2.75) is 32.4 Å². The Hall–Kier alpha value is -1.90. The zero-order valence-electron chi connectivity index (χ0n) is 15.2. The molecule has 2 heterocycles. The van der Waals surface area contributed by atoms with Gasteiger partial charge >= 0.3 is 0 Å². The Morgan fingerprint density at radius 1 is 1.35 bits per heavy atom. The van der Waals surface area contributed by atoms with Crippen LogP contribution in [0.5, 0.6) is 0 Å². The fourth-order valence-corrected chi connectivity index (χ4v) is 3.20. The number of likely N-dealkylation sites (tertiary alicyclic amines) is 1. The second-order valence-electron chi connectivity index (χ2n) is 6.24. The van der Waals surface area contributed by atoms with Gasteiger partial charge in [0.2, 0.25) is 5.91 Å². The zero-order chi connectivity index (χ0) is 17.6. The van der Waals surface area contributed by atoms with E-state index in [1.807, 2.05) is 42.3 Å². The molecule has 2 N–H and O–H groups in total. The number of para-hydroxylation sites is 1. The third kappa shape index (κ3) is 4.84. The van der Waals surface area contributed by atoms with E-state index >= 15 is 0 Å². The van der Waals surface area contributed by atoms with Crippen LogP contribution < -0.4 is 10.6 Å². The van der Waals surface area contributed by atoms with E-state index in [0.29, 0.717) is 13.0 Å². The fourth-order valence-electron chi connectivity index (χ4n) is 3.20. The lowest BCUT2D eigenvalue weighted by molar-refractivity contribution is -0.129. The van der Waals surface area contributed by atoms with Crippen molar-refractivity contribution in [3.8, 4) is 0 Å². The Kier molecular flexibility index (Phi) is 7.62. The SMILES string of the molecule is CCC(=O)N1CCC(NC(=NC)NCc2ccnc3ccccc23)C1.I. The average molecular weight is 467 g/mol. The highest BCUT2D eigenvalue weighted by atomic mass is 127. The van der Waals surface area contributed by atoms with Crippen LogP contribution in [0.2, 0.25) is 0 Å². The fraction of sp³-hybridized carbons (Fsp3) is 0.421. The van der Waals surface area contributed by atoms with E-state index < -0.39 is 0 Å². The van der Waals surface area contributed by atoms with E-state index in [4.69, 9.17) is 0 Å². The third-order valence-electron chi connectivity index (χ3n) is 4.59. The van der Waals surface area contributed by atoms with Gasteiger partial charge in [0.15, 0.2) is 5.96 Å². The van der Waals surface area contributed by atoms with Crippen LogP contribution in [0, 0.1) is 0 Å². The van der Waals surface area contributed by atoms with Gasteiger partial charge in [0.05, 0.1) is 5.52 Å². The molecule has 0 spiro atoms. The highest BCUT2D eigenvalue weighted by Gasteiger charge is 2.25. The lowest BCUT2D eigenvalue weighted by atomic mass is 10.1. The summed E-state index contributed by atoms with van der Waals surface area (Å²) in [6, 6.07) is 10.4. The standard InChI is InChI=1S/C19H25N5O.HI/c1-3-18(25)24-11-9-15(13-24)23-19(20-2)22-12-14-8-10-21-17-7-5-4-6-16(14)17;/h4-8,10,15H,3,9,11-13H2,1-2H3,(H2,20,22,23);1H. The number of nitrogens with zero attached hydrogens (tertiary/aromatic N) is 3. The normalized spacial score (nSPS) is 17.1. The number of hydrogen-bond donors (Lipinski definition) is 2. The highest BCUT2D eigenvalue weighted by molar-refractivity contribution is 14.0. The zero-order valence-corrected chi connectivity index (χ0v) is 17.6. The summed E-state index contributed by atoms with van der Waals surface area (Å²) in [6.07, 6.45) is 3.35. The lowest BCUT2D eigenvalue weighted by Gasteiger charge is -2.19. The molecule has 0 bridgehead atoms. The third-order valence-corrected chi connectivity index (χ3v) is 4.59. The molecule has 6 nitrogen and oxygen atoms in total. The molecule has 0 radical (unpaired) electrons. The first-order valence-electron chi connectivity index (χ1n) is 8.79. The number of fused-ring (bicyclic) bond motifs is 1. The number of hydrogen-bond acceptors (Lipinski definition) is 3. The summed E-state index contributed by atoms with van der Waals surface area (Å²) in [7, 11) is 1.77. The first-order chi connectivity index (χ1) is 12.2. The van der Waals surface area contributed by atoms with E-state index in [1.165, 1.54) is 5.56 Å². The maximum absolute atomic E-state index is 11.8. The van der Waals surface area contributed by atoms with Crippen LogP contribution in [-0.4, -0.2) is 47.9 Å². The van der Waals surface area contributed by atoms with Crippen molar-refractivity contribution < 1.29 is 4.79 Å². The molecule has 1 unspecified atom stereocenters. The number of pyridine rings is 1. The van der Waals surface area contributed by atoms with E-state index in [-0.39, 0.29) is 35.9 Å². The van der Waals surface area contributed by atoms with Crippen LogP contribution in [0.25, 0.3) is 10.9 Å². The van der Waals surface area contributed by atoms with Gasteiger partial charge in [-0.3, -0.25) is 14.8 Å². The van der Waals surface area contributed by atoms with Crippen molar-refractivity contribution in [1.29, 1.82) is 0 Å². The molecule has 2 aromatic rings. The topological polar surface area (TPSA) is 69.6 Å². The highest BCUT2D eigenvalue weighted by Crippen LogP contribution is 2.16. The average Bonchev–Trinajstić information content (AvgIpc) is 3.13. The number of carbonyl (C=O) groups excluding carboxylic acids is 1. The van der Waals surface area contributed by atoms with Crippen molar-refractivity contribution in [3.63, 3.8) is 0 Å². The number of benzene rings is 1. The van der Waals surface area contributed by atoms with Crippen molar-refractivity contribution in [2.75, 3.05) is 20.1 Å². The minimum Gasteiger partial charge on any atom is -0.352 e. The molecule has 1 fully saturated rings. The molecule has 3 rings (SSSR count). The van der Waals surface area contributed by atoms with Crippen LogP contribution in [0.4, 0.5) is 0 Å². The molecule has 1 atom stereocenters. The molecule has 0 aliphatic carbocycles. The number of nitrogens with one attached hydrogen (secondary N) is 2. The van der Waals surface area contributed by atoms with Gasteiger partial charge in [-0.1, -0.05) is 25.1 Å². The molecule has 26 heavy (non-hydrogen) atoms. The quantitative estimate of drug-likeness (QED) is 0.412. The summed E-state index contributed by atoms with van der Waals surface area (Å²) in [5.41, 5.74) is 2.18. The Labute approximate surface area is 171 Å². The van der Waals surface area contributed by atoms with E-state index in [0.717, 1.165) is 36.4 Å². The number of carbonyl (C=O) groups is 1. The van der Waals surface area contributed by atoms with Crippen LogP contribution in [0.1, 0.15) is 25.3 Å². The smallest absolute Gasteiger partial charge is 0.222 e. The second kappa shape index (κ2) is 9.70. The van der Waals surface area contributed by atoms with Gasteiger partial charge < -0.3 is 15.5 Å². The van der Waals surface area contributed by atoms with Crippen LogP contribution in [-0.2, 0) is 11.3 Å². The maximum atomic E-state index is 11.8. The lowest BCUT2D eigenvalue weighted by Crippen LogP contribution is -2.44. The minimum absolute atomic E-state index is 0.